The van der Waals surface area contributed by atoms with Gasteiger partial charge >= 0.3 is 6.18 Å². The van der Waals surface area contributed by atoms with Gasteiger partial charge in [-0.05, 0) is 36.5 Å². The Kier molecular flexibility index (Phi) is 8.79. The number of likely N-dealkylation sites (tertiary alicyclic amines) is 1. The lowest BCUT2D eigenvalue weighted by molar-refractivity contribution is -0.137. The molecule has 1 amide bonds. The number of halogens is 3. The van der Waals surface area contributed by atoms with Crippen molar-refractivity contribution < 1.29 is 32.2 Å². The van der Waals surface area contributed by atoms with Crippen molar-refractivity contribution in [1.29, 1.82) is 5.26 Å². The number of carbonyl (C=O) groups is 1. The van der Waals surface area contributed by atoms with Gasteiger partial charge in [0.25, 0.3) is 0 Å². The van der Waals surface area contributed by atoms with Crippen LogP contribution in [0.2, 0.25) is 0 Å². The summed E-state index contributed by atoms with van der Waals surface area (Å²) >= 11 is 0. The number of anilines is 1. The number of alkyl halides is 3. The highest BCUT2D eigenvalue weighted by molar-refractivity contribution is 5.76. The first-order chi connectivity index (χ1) is 16.2. The Labute approximate surface area is 198 Å². The van der Waals surface area contributed by atoms with Gasteiger partial charge in [0.1, 0.15) is 0 Å². The maximum Gasteiger partial charge on any atom is 0.417 e. The molecule has 1 aromatic rings. The smallest absolute Gasteiger partial charge is 0.384 e. The molecule has 0 aliphatic carbocycles. The SMILES string of the molecule is COCCOCC1CN(C(=O)CCOC)CC12CCN(c1ccc(C#N)c(C(F)(F)F)c1)CC2. The quantitative estimate of drug-likeness (QED) is 0.502. The number of nitrogens with zero attached hydrogens (tertiary/aromatic N) is 3. The van der Waals surface area contributed by atoms with Gasteiger partial charge in [0.15, 0.2) is 0 Å². The fourth-order valence-corrected chi connectivity index (χ4v) is 5.01. The van der Waals surface area contributed by atoms with E-state index < -0.39 is 11.7 Å². The van der Waals surface area contributed by atoms with Crippen LogP contribution in [0, 0.1) is 22.7 Å². The number of hydrogen-bond acceptors (Lipinski definition) is 6. The lowest BCUT2D eigenvalue weighted by Crippen LogP contribution is -2.45. The van der Waals surface area contributed by atoms with Gasteiger partial charge in [-0.2, -0.15) is 18.4 Å². The summed E-state index contributed by atoms with van der Waals surface area (Å²) in [5, 5.41) is 9.06. The molecular formula is C24H32F3N3O4. The highest BCUT2D eigenvalue weighted by Gasteiger charge is 2.49. The zero-order valence-electron chi connectivity index (χ0n) is 19.7. The van der Waals surface area contributed by atoms with Crippen molar-refractivity contribution in [2.45, 2.75) is 25.4 Å². The summed E-state index contributed by atoms with van der Waals surface area (Å²) in [6.45, 7) is 4.18. The van der Waals surface area contributed by atoms with Crippen LogP contribution in [0.15, 0.2) is 18.2 Å². The van der Waals surface area contributed by atoms with Crippen LogP contribution >= 0.6 is 0 Å². The van der Waals surface area contributed by atoms with Crippen LogP contribution < -0.4 is 4.90 Å². The van der Waals surface area contributed by atoms with Crippen molar-refractivity contribution in [3.63, 3.8) is 0 Å². The molecule has 2 saturated heterocycles. The molecule has 1 spiro atoms. The van der Waals surface area contributed by atoms with Crippen molar-refractivity contribution >= 4 is 11.6 Å². The van der Waals surface area contributed by atoms with E-state index in [2.05, 4.69) is 0 Å². The highest BCUT2D eigenvalue weighted by Crippen LogP contribution is 2.46. The standard InChI is InChI=1S/C24H32F3N3O4/c1-32-10-5-22(31)30-15-19(16-34-12-11-33-2)23(17-30)6-8-29(9-7-23)20-4-3-18(14-28)21(13-20)24(25,26)27/h3-4,13,19H,5-12,15-17H2,1-2H3. The molecule has 0 N–H and O–H groups in total. The van der Waals surface area contributed by atoms with Crippen LogP contribution in [0.1, 0.15) is 30.4 Å². The molecule has 2 fully saturated rings. The monoisotopic (exact) mass is 483 g/mol. The number of ether oxygens (including phenoxy) is 3. The van der Waals surface area contributed by atoms with E-state index in [9.17, 15) is 18.0 Å². The number of methoxy groups -OCH3 is 2. The van der Waals surface area contributed by atoms with E-state index in [0.29, 0.717) is 64.7 Å². The second kappa shape index (κ2) is 11.4. The second-order valence-corrected chi connectivity index (χ2v) is 8.97. The normalized spacial score (nSPS) is 20.1. The number of amides is 1. The maximum absolute atomic E-state index is 13.4. The summed E-state index contributed by atoms with van der Waals surface area (Å²) < 4.78 is 56.2. The fourth-order valence-electron chi connectivity index (χ4n) is 5.01. The summed E-state index contributed by atoms with van der Waals surface area (Å²) in [7, 11) is 3.17. The Morgan fingerprint density at radius 3 is 2.50 bits per heavy atom. The van der Waals surface area contributed by atoms with Gasteiger partial charge < -0.3 is 24.0 Å². The molecule has 34 heavy (non-hydrogen) atoms. The predicted molar refractivity (Wildman–Crippen MR) is 119 cm³/mol. The Balaban J connectivity index is 1.73. The molecule has 7 nitrogen and oxygen atoms in total. The minimum atomic E-state index is -4.59. The van der Waals surface area contributed by atoms with Gasteiger partial charge in [-0.25, -0.2) is 0 Å². The number of nitriles is 1. The van der Waals surface area contributed by atoms with Crippen LogP contribution in [-0.2, 0) is 25.2 Å². The predicted octanol–water partition coefficient (Wildman–Crippen LogP) is 3.32. The summed E-state index contributed by atoms with van der Waals surface area (Å²) in [6.07, 6.45) is -2.79. The molecule has 2 aliphatic heterocycles. The molecular weight excluding hydrogens is 451 g/mol. The largest absolute Gasteiger partial charge is 0.417 e. The first-order valence-electron chi connectivity index (χ1n) is 11.4. The molecule has 0 radical (unpaired) electrons. The van der Waals surface area contributed by atoms with E-state index in [1.54, 1.807) is 26.4 Å². The van der Waals surface area contributed by atoms with E-state index in [0.717, 1.165) is 18.9 Å². The Hall–Kier alpha value is -2.35. The molecule has 2 aliphatic rings. The highest BCUT2D eigenvalue weighted by atomic mass is 19.4. The van der Waals surface area contributed by atoms with Crippen LogP contribution in [0.3, 0.4) is 0 Å². The molecule has 0 saturated carbocycles. The number of carbonyl (C=O) groups excluding carboxylic acids is 1. The Morgan fingerprint density at radius 2 is 1.88 bits per heavy atom. The minimum absolute atomic E-state index is 0.0463. The summed E-state index contributed by atoms with van der Waals surface area (Å²) in [6, 6.07) is 5.51. The fraction of sp³-hybridized carbons (Fsp3) is 0.667. The van der Waals surface area contributed by atoms with E-state index >= 15 is 0 Å². The first kappa shape index (κ1) is 26.3. The van der Waals surface area contributed by atoms with Gasteiger partial charge in [0, 0.05) is 52.0 Å². The van der Waals surface area contributed by atoms with Gasteiger partial charge in [-0.1, -0.05) is 0 Å². The molecule has 0 aromatic heterocycles. The van der Waals surface area contributed by atoms with Gasteiger partial charge in [0.05, 0.1) is 50.0 Å². The van der Waals surface area contributed by atoms with Gasteiger partial charge in [-0.15, -0.1) is 0 Å². The van der Waals surface area contributed by atoms with Gasteiger partial charge in [0.2, 0.25) is 5.91 Å². The van der Waals surface area contributed by atoms with E-state index in [-0.39, 0.29) is 22.8 Å². The van der Waals surface area contributed by atoms with Crippen molar-refractivity contribution in [3.8, 4) is 6.07 Å². The molecule has 3 rings (SSSR count). The molecule has 2 heterocycles. The molecule has 10 heteroatoms. The Morgan fingerprint density at radius 1 is 1.18 bits per heavy atom. The van der Waals surface area contributed by atoms with Crippen LogP contribution in [0.5, 0.6) is 0 Å². The molecule has 0 bridgehead atoms. The Bertz CT molecular complexity index is 879. The second-order valence-electron chi connectivity index (χ2n) is 8.97. The topological polar surface area (TPSA) is 75.0 Å². The summed E-state index contributed by atoms with van der Waals surface area (Å²) in [4.78, 5) is 16.5. The minimum Gasteiger partial charge on any atom is -0.384 e. The van der Waals surface area contributed by atoms with Crippen molar-refractivity contribution in [2.75, 3.05) is 71.7 Å². The third kappa shape index (κ3) is 6.01. The number of rotatable bonds is 9. The molecule has 1 atom stereocenters. The van der Waals surface area contributed by atoms with Gasteiger partial charge in [-0.3, -0.25) is 4.79 Å². The van der Waals surface area contributed by atoms with Crippen molar-refractivity contribution in [1.82, 2.24) is 4.90 Å². The van der Waals surface area contributed by atoms with E-state index in [1.165, 1.54) is 6.07 Å². The number of benzene rings is 1. The summed E-state index contributed by atoms with van der Waals surface area (Å²) in [5.74, 6) is 0.189. The zero-order chi connectivity index (χ0) is 24.8. The zero-order valence-corrected chi connectivity index (χ0v) is 19.7. The lowest BCUT2D eigenvalue weighted by Gasteiger charge is -2.43. The molecule has 1 unspecified atom stereocenters. The number of piperidine rings is 1. The number of hydrogen-bond donors (Lipinski definition) is 0. The van der Waals surface area contributed by atoms with Crippen molar-refractivity contribution in [3.05, 3.63) is 29.3 Å². The molecule has 1 aromatic carbocycles. The van der Waals surface area contributed by atoms with Crippen LogP contribution in [0.4, 0.5) is 18.9 Å². The van der Waals surface area contributed by atoms with E-state index in [1.807, 2.05) is 9.80 Å². The molecule has 188 valence electrons. The lowest BCUT2D eigenvalue weighted by atomic mass is 9.71. The average Bonchev–Trinajstić information content (AvgIpc) is 3.17. The third-order valence-electron chi connectivity index (χ3n) is 6.99. The average molecular weight is 484 g/mol. The van der Waals surface area contributed by atoms with Crippen molar-refractivity contribution in [2.24, 2.45) is 11.3 Å². The first-order valence-corrected chi connectivity index (χ1v) is 11.4. The maximum atomic E-state index is 13.4. The third-order valence-corrected chi connectivity index (χ3v) is 6.99. The summed E-state index contributed by atoms with van der Waals surface area (Å²) in [5.41, 5.74) is -0.974. The van der Waals surface area contributed by atoms with Crippen LogP contribution in [0.25, 0.3) is 0 Å². The van der Waals surface area contributed by atoms with E-state index in [4.69, 9.17) is 19.5 Å². The van der Waals surface area contributed by atoms with Crippen LogP contribution in [-0.4, -0.2) is 77.6 Å².